The third-order valence-electron chi connectivity index (χ3n) is 6.59. The summed E-state index contributed by atoms with van der Waals surface area (Å²) in [6.45, 7) is 0.600. The number of rotatable bonds is 8. The SMILES string of the molecule is COc1cc(-c2csc(=NCc3ccccc3)n2N=CC2CC3C=CC2C3)cc(OC)c1OC. The van der Waals surface area contributed by atoms with Crippen molar-refractivity contribution >= 4 is 17.6 Å². The fourth-order valence-electron chi connectivity index (χ4n) is 4.84. The van der Waals surface area contributed by atoms with Gasteiger partial charge in [0, 0.05) is 23.1 Å². The fourth-order valence-corrected chi connectivity index (χ4v) is 5.67. The number of thiazole rings is 1. The van der Waals surface area contributed by atoms with Gasteiger partial charge in [0.2, 0.25) is 10.6 Å². The minimum absolute atomic E-state index is 0.470. The van der Waals surface area contributed by atoms with Crippen molar-refractivity contribution in [2.45, 2.75) is 19.4 Å². The highest BCUT2D eigenvalue weighted by Crippen LogP contribution is 2.43. The lowest BCUT2D eigenvalue weighted by molar-refractivity contribution is 0.324. The molecule has 7 heteroatoms. The monoisotopic (exact) mass is 475 g/mol. The molecule has 3 aromatic rings. The lowest BCUT2D eigenvalue weighted by Gasteiger charge is -2.15. The molecule has 1 heterocycles. The molecule has 2 bridgehead atoms. The molecule has 0 spiro atoms. The van der Waals surface area contributed by atoms with Crippen LogP contribution in [0.5, 0.6) is 17.2 Å². The van der Waals surface area contributed by atoms with E-state index in [9.17, 15) is 0 Å². The molecule has 1 aromatic heterocycles. The maximum absolute atomic E-state index is 5.59. The number of benzene rings is 2. The summed E-state index contributed by atoms with van der Waals surface area (Å²) in [6.07, 6.45) is 9.24. The summed E-state index contributed by atoms with van der Waals surface area (Å²) >= 11 is 1.58. The molecule has 1 saturated carbocycles. The van der Waals surface area contributed by atoms with Crippen LogP contribution in [-0.4, -0.2) is 32.2 Å². The fraction of sp³-hybridized carbons (Fsp3) is 0.333. The molecule has 3 unspecified atom stereocenters. The first-order chi connectivity index (χ1) is 16.7. The Balaban J connectivity index is 1.57. The van der Waals surface area contributed by atoms with Gasteiger partial charge in [0.1, 0.15) is 0 Å². The molecule has 34 heavy (non-hydrogen) atoms. The van der Waals surface area contributed by atoms with Gasteiger partial charge < -0.3 is 14.2 Å². The molecule has 0 aliphatic heterocycles. The van der Waals surface area contributed by atoms with Crippen molar-refractivity contribution < 1.29 is 14.2 Å². The van der Waals surface area contributed by atoms with Gasteiger partial charge in [0.05, 0.1) is 33.6 Å². The number of fused-ring (bicyclic) bond motifs is 2. The van der Waals surface area contributed by atoms with E-state index in [4.69, 9.17) is 24.3 Å². The molecule has 0 saturated heterocycles. The number of hydrogen-bond donors (Lipinski definition) is 0. The Morgan fingerprint density at radius 3 is 2.38 bits per heavy atom. The predicted molar refractivity (Wildman–Crippen MR) is 136 cm³/mol. The highest BCUT2D eigenvalue weighted by atomic mass is 32.1. The van der Waals surface area contributed by atoms with Crippen molar-refractivity contribution in [1.29, 1.82) is 0 Å². The molecule has 176 valence electrons. The first-order valence-corrected chi connectivity index (χ1v) is 12.4. The summed E-state index contributed by atoms with van der Waals surface area (Å²) < 4.78 is 18.6. The molecule has 2 aromatic carbocycles. The minimum atomic E-state index is 0.470. The molecule has 5 rings (SSSR count). The molecule has 0 radical (unpaired) electrons. The largest absolute Gasteiger partial charge is 0.493 e. The Bertz CT molecular complexity index is 1250. The molecular weight excluding hydrogens is 446 g/mol. The van der Waals surface area contributed by atoms with E-state index in [0.29, 0.717) is 41.5 Å². The number of allylic oxidation sites excluding steroid dienone is 2. The summed E-state index contributed by atoms with van der Waals surface area (Å²) in [4.78, 5) is 5.75. The van der Waals surface area contributed by atoms with Crippen LogP contribution >= 0.6 is 11.3 Å². The predicted octanol–water partition coefficient (Wildman–Crippen LogP) is 5.39. The van der Waals surface area contributed by atoms with Gasteiger partial charge in [-0.25, -0.2) is 4.68 Å². The van der Waals surface area contributed by atoms with Gasteiger partial charge in [-0.3, -0.25) is 4.99 Å². The van der Waals surface area contributed by atoms with E-state index in [1.54, 1.807) is 32.7 Å². The molecule has 0 amide bonds. The van der Waals surface area contributed by atoms with E-state index < -0.39 is 0 Å². The van der Waals surface area contributed by atoms with Gasteiger partial charge in [-0.15, -0.1) is 11.3 Å². The number of methoxy groups -OCH3 is 3. The van der Waals surface area contributed by atoms with E-state index in [1.807, 2.05) is 35.0 Å². The van der Waals surface area contributed by atoms with Crippen molar-refractivity contribution in [3.63, 3.8) is 0 Å². The zero-order chi connectivity index (χ0) is 23.5. The average molecular weight is 476 g/mol. The van der Waals surface area contributed by atoms with Crippen LogP contribution in [0.15, 0.2) is 70.1 Å². The Labute approximate surface area is 203 Å². The molecule has 1 fully saturated rings. The summed E-state index contributed by atoms with van der Waals surface area (Å²) in [6, 6.07) is 14.2. The number of nitrogens with zero attached hydrogens (tertiary/aromatic N) is 3. The van der Waals surface area contributed by atoms with Crippen LogP contribution in [0, 0.1) is 17.8 Å². The van der Waals surface area contributed by atoms with Crippen molar-refractivity contribution in [1.82, 2.24) is 4.68 Å². The van der Waals surface area contributed by atoms with Crippen LogP contribution in [0.3, 0.4) is 0 Å². The Hall–Kier alpha value is -3.32. The van der Waals surface area contributed by atoms with Gasteiger partial charge in [-0.1, -0.05) is 42.5 Å². The summed E-state index contributed by atoms with van der Waals surface area (Å²) in [7, 11) is 4.87. The van der Waals surface area contributed by atoms with Gasteiger partial charge in [-0.05, 0) is 42.4 Å². The van der Waals surface area contributed by atoms with E-state index in [2.05, 4.69) is 35.9 Å². The lowest BCUT2D eigenvalue weighted by Crippen LogP contribution is -2.15. The number of aromatic nitrogens is 1. The summed E-state index contributed by atoms with van der Waals surface area (Å²) in [5, 5.41) is 7.06. The molecular formula is C27H29N3O3S. The van der Waals surface area contributed by atoms with Crippen molar-refractivity contribution in [2.24, 2.45) is 27.8 Å². The van der Waals surface area contributed by atoms with Crippen molar-refractivity contribution in [2.75, 3.05) is 21.3 Å². The van der Waals surface area contributed by atoms with Crippen LogP contribution in [0.25, 0.3) is 11.3 Å². The first kappa shape index (κ1) is 22.5. The van der Waals surface area contributed by atoms with Gasteiger partial charge >= 0.3 is 0 Å². The molecule has 2 aliphatic rings. The Morgan fingerprint density at radius 1 is 1.00 bits per heavy atom. The van der Waals surface area contributed by atoms with Crippen LogP contribution in [0.2, 0.25) is 0 Å². The third-order valence-corrected chi connectivity index (χ3v) is 7.44. The van der Waals surface area contributed by atoms with Gasteiger partial charge in [0.25, 0.3) is 0 Å². The maximum atomic E-state index is 5.59. The van der Waals surface area contributed by atoms with E-state index in [0.717, 1.165) is 16.1 Å². The number of ether oxygens (including phenoxy) is 3. The van der Waals surface area contributed by atoms with Crippen molar-refractivity contribution in [3.05, 3.63) is 70.4 Å². The van der Waals surface area contributed by atoms with Crippen molar-refractivity contribution in [3.8, 4) is 28.5 Å². The average Bonchev–Trinajstić information content (AvgIpc) is 3.61. The lowest BCUT2D eigenvalue weighted by atomic mass is 9.95. The topological polar surface area (TPSA) is 57.3 Å². The molecule has 3 atom stereocenters. The van der Waals surface area contributed by atoms with Crippen LogP contribution < -0.4 is 19.0 Å². The van der Waals surface area contributed by atoms with E-state index in [1.165, 1.54) is 18.4 Å². The second-order valence-corrected chi connectivity index (χ2v) is 9.48. The highest BCUT2D eigenvalue weighted by Gasteiger charge is 2.34. The van der Waals surface area contributed by atoms with Crippen LogP contribution in [0.4, 0.5) is 0 Å². The summed E-state index contributed by atoms with van der Waals surface area (Å²) in [5.74, 6) is 3.56. The van der Waals surface area contributed by atoms with Crippen LogP contribution in [-0.2, 0) is 6.54 Å². The quantitative estimate of drug-likeness (QED) is 0.324. The summed E-state index contributed by atoms with van der Waals surface area (Å²) in [5.41, 5.74) is 3.03. The normalized spacial score (nSPS) is 21.5. The maximum Gasteiger partial charge on any atom is 0.206 e. The molecule has 6 nitrogen and oxygen atoms in total. The zero-order valence-corrected chi connectivity index (χ0v) is 20.5. The highest BCUT2D eigenvalue weighted by molar-refractivity contribution is 7.07. The second-order valence-electron chi connectivity index (χ2n) is 8.64. The first-order valence-electron chi connectivity index (χ1n) is 11.5. The minimum Gasteiger partial charge on any atom is -0.493 e. The zero-order valence-electron chi connectivity index (χ0n) is 19.7. The van der Waals surface area contributed by atoms with Gasteiger partial charge in [0.15, 0.2) is 11.5 Å². The Kier molecular flexibility index (Phi) is 6.54. The second kappa shape index (κ2) is 9.89. The van der Waals surface area contributed by atoms with Gasteiger partial charge in [-0.2, -0.15) is 5.10 Å². The molecule has 2 aliphatic carbocycles. The molecule has 0 N–H and O–H groups in total. The Morgan fingerprint density at radius 2 is 1.76 bits per heavy atom. The standard InChI is InChI=1S/C27H29N3O3S/c1-31-24-13-21(14-25(32-2)26(24)33-3)23-17-34-27(28-15-18-7-5-4-6-8-18)30(23)29-16-22-12-19-9-10-20(22)11-19/h4-10,13-14,16-17,19-20,22H,11-12,15H2,1-3H3. The van der Waals surface area contributed by atoms with E-state index >= 15 is 0 Å². The smallest absolute Gasteiger partial charge is 0.206 e. The van der Waals surface area contributed by atoms with Crippen LogP contribution in [0.1, 0.15) is 18.4 Å². The third kappa shape index (κ3) is 4.40. The van der Waals surface area contributed by atoms with E-state index in [-0.39, 0.29) is 0 Å². The number of hydrogen-bond acceptors (Lipinski definition) is 6.